The van der Waals surface area contributed by atoms with E-state index >= 15 is 0 Å². The van der Waals surface area contributed by atoms with E-state index < -0.39 is 0 Å². The first-order valence-corrected chi connectivity index (χ1v) is 4.19. The predicted molar refractivity (Wildman–Crippen MR) is 48.5 cm³/mol. The smallest absolute Gasteiger partial charge is 0.129 e. The van der Waals surface area contributed by atoms with Crippen molar-refractivity contribution in [3.63, 3.8) is 0 Å². The van der Waals surface area contributed by atoms with Crippen LogP contribution in [0.25, 0.3) is 0 Å². The first-order chi connectivity index (χ1) is 6.24. The van der Waals surface area contributed by atoms with E-state index in [0.29, 0.717) is 12.1 Å². The van der Waals surface area contributed by atoms with Gasteiger partial charge < -0.3 is 9.69 Å². The Labute approximate surface area is 76.0 Å². The average Bonchev–Trinajstić information content (AvgIpc) is 2.45. The molecule has 0 radical (unpaired) electrons. The van der Waals surface area contributed by atoms with Gasteiger partial charge in [0.15, 0.2) is 0 Å². The van der Waals surface area contributed by atoms with Crippen molar-refractivity contribution in [3.8, 4) is 0 Å². The summed E-state index contributed by atoms with van der Waals surface area (Å²) in [5.74, 6) is -0.583. The van der Waals surface area contributed by atoms with E-state index in [9.17, 15) is 9.18 Å². The summed E-state index contributed by atoms with van der Waals surface area (Å²) in [6.45, 7) is 0.583. The lowest BCUT2D eigenvalue weighted by Crippen LogP contribution is -2.15. The average molecular weight is 179 g/mol. The van der Waals surface area contributed by atoms with E-state index in [1.165, 1.54) is 6.07 Å². The Morgan fingerprint density at radius 2 is 2.38 bits per heavy atom. The summed E-state index contributed by atoms with van der Waals surface area (Å²) in [6, 6.07) is 4.90. The molecule has 0 aromatic heterocycles. The molecule has 1 aromatic rings. The van der Waals surface area contributed by atoms with Gasteiger partial charge in [-0.1, -0.05) is 6.07 Å². The third kappa shape index (κ3) is 1.11. The van der Waals surface area contributed by atoms with Crippen LogP contribution < -0.4 is 4.90 Å². The Balaban J connectivity index is 2.58. The minimum absolute atomic E-state index is 0.279. The van der Waals surface area contributed by atoms with Crippen LogP contribution in [0, 0.1) is 5.82 Å². The molecule has 3 heteroatoms. The molecule has 0 saturated heterocycles. The van der Waals surface area contributed by atoms with Crippen LogP contribution in [0.1, 0.15) is 11.5 Å². The lowest BCUT2D eigenvalue weighted by molar-refractivity contribution is -0.108. The number of nitrogens with zero attached hydrogens (tertiary/aromatic N) is 1. The molecule has 0 fully saturated rings. The van der Waals surface area contributed by atoms with E-state index in [4.69, 9.17) is 0 Å². The quantitative estimate of drug-likeness (QED) is 0.610. The van der Waals surface area contributed by atoms with Crippen molar-refractivity contribution in [3.05, 3.63) is 29.6 Å². The van der Waals surface area contributed by atoms with Gasteiger partial charge in [0.05, 0.1) is 5.92 Å². The van der Waals surface area contributed by atoms with Crippen LogP contribution in [0.3, 0.4) is 0 Å². The number of likely N-dealkylation sites (N-methyl/N-ethyl adjacent to an activating group) is 1. The molecule has 2 rings (SSSR count). The standard InChI is InChI=1S/C10H10FNO/c1-12-5-7(6-13)10-8(11)3-2-4-9(10)12/h2-4,6-7H,5H2,1H3. The zero-order valence-corrected chi connectivity index (χ0v) is 7.33. The molecule has 0 spiro atoms. The minimum atomic E-state index is -0.304. The third-order valence-corrected chi connectivity index (χ3v) is 2.45. The maximum Gasteiger partial charge on any atom is 0.129 e. The summed E-state index contributed by atoms with van der Waals surface area (Å²) >= 11 is 0. The normalized spacial score (nSPS) is 20.2. The molecule has 2 nitrogen and oxygen atoms in total. The maximum atomic E-state index is 13.3. The molecule has 13 heavy (non-hydrogen) atoms. The molecular formula is C10H10FNO. The third-order valence-electron chi connectivity index (χ3n) is 2.45. The van der Waals surface area contributed by atoms with Crippen LogP contribution in [-0.4, -0.2) is 19.9 Å². The van der Waals surface area contributed by atoms with Gasteiger partial charge in [0.25, 0.3) is 0 Å². The van der Waals surface area contributed by atoms with E-state index in [0.717, 1.165) is 12.0 Å². The van der Waals surface area contributed by atoms with Crippen LogP contribution in [0.15, 0.2) is 18.2 Å². The first-order valence-electron chi connectivity index (χ1n) is 4.19. The fourth-order valence-electron chi connectivity index (χ4n) is 1.82. The number of fused-ring (bicyclic) bond motifs is 1. The van der Waals surface area contributed by atoms with Gasteiger partial charge >= 0.3 is 0 Å². The van der Waals surface area contributed by atoms with Crippen LogP contribution >= 0.6 is 0 Å². The number of carbonyl (C=O) groups excluding carboxylic acids is 1. The van der Waals surface area contributed by atoms with Gasteiger partial charge in [-0.2, -0.15) is 0 Å². The van der Waals surface area contributed by atoms with Crippen molar-refractivity contribution in [2.24, 2.45) is 0 Å². The SMILES string of the molecule is CN1CC(C=O)c2c(F)cccc21. The summed E-state index contributed by atoms with van der Waals surface area (Å²) in [5.41, 5.74) is 1.37. The molecule has 1 aliphatic rings. The van der Waals surface area contributed by atoms with Gasteiger partial charge in [-0.25, -0.2) is 4.39 Å². The van der Waals surface area contributed by atoms with E-state index in [2.05, 4.69) is 0 Å². The molecule has 1 aromatic carbocycles. The van der Waals surface area contributed by atoms with Crippen molar-refractivity contribution >= 4 is 12.0 Å². The number of carbonyl (C=O) groups is 1. The summed E-state index contributed by atoms with van der Waals surface area (Å²) in [6.07, 6.45) is 0.811. The molecule has 1 unspecified atom stereocenters. The lowest BCUT2D eigenvalue weighted by atomic mass is 10.0. The van der Waals surface area contributed by atoms with Gasteiger partial charge in [0.2, 0.25) is 0 Å². The first kappa shape index (κ1) is 8.23. The Hall–Kier alpha value is -1.38. The molecule has 0 saturated carbocycles. The van der Waals surface area contributed by atoms with Crippen LogP contribution in [0.4, 0.5) is 10.1 Å². The number of rotatable bonds is 1. The lowest BCUT2D eigenvalue weighted by Gasteiger charge is -2.10. The van der Waals surface area contributed by atoms with Gasteiger partial charge in [-0.15, -0.1) is 0 Å². The number of halogens is 1. The van der Waals surface area contributed by atoms with Gasteiger partial charge in [-0.05, 0) is 12.1 Å². The fourth-order valence-corrected chi connectivity index (χ4v) is 1.82. The van der Waals surface area contributed by atoms with Crippen molar-refractivity contribution in [1.29, 1.82) is 0 Å². The molecule has 0 bridgehead atoms. The maximum absolute atomic E-state index is 13.3. The van der Waals surface area contributed by atoms with Crippen molar-refractivity contribution in [2.45, 2.75) is 5.92 Å². The topological polar surface area (TPSA) is 20.3 Å². The molecule has 0 amide bonds. The highest BCUT2D eigenvalue weighted by Crippen LogP contribution is 2.35. The van der Waals surface area contributed by atoms with Crippen LogP contribution in [0.5, 0.6) is 0 Å². The van der Waals surface area contributed by atoms with Gasteiger partial charge in [0.1, 0.15) is 12.1 Å². The van der Waals surface area contributed by atoms with E-state index in [1.54, 1.807) is 6.07 Å². The molecule has 1 heterocycles. The number of benzene rings is 1. The highest BCUT2D eigenvalue weighted by Gasteiger charge is 2.28. The highest BCUT2D eigenvalue weighted by molar-refractivity contribution is 5.74. The van der Waals surface area contributed by atoms with Crippen LogP contribution in [0.2, 0.25) is 0 Å². The Bertz CT molecular complexity index is 351. The molecule has 0 aliphatic carbocycles. The zero-order chi connectivity index (χ0) is 9.42. The summed E-state index contributed by atoms with van der Waals surface area (Å²) in [7, 11) is 1.86. The Morgan fingerprint density at radius 3 is 3.08 bits per heavy atom. The van der Waals surface area contributed by atoms with Gasteiger partial charge in [-0.3, -0.25) is 0 Å². The zero-order valence-electron chi connectivity index (χ0n) is 7.33. The monoisotopic (exact) mass is 179 g/mol. The largest absolute Gasteiger partial charge is 0.373 e. The molecule has 68 valence electrons. The second-order valence-electron chi connectivity index (χ2n) is 3.30. The number of hydrogen-bond acceptors (Lipinski definition) is 2. The number of hydrogen-bond donors (Lipinski definition) is 0. The summed E-state index contributed by atoms with van der Waals surface area (Å²) in [5, 5.41) is 0. The van der Waals surface area contributed by atoms with Gasteiger partial charge in [0, 0.05) is 24.8 Å². The summed E-state index contributed by atoms with van der Waals surface area (Å²) in [4.78, 5) is 12.6. The fraction of sp³-hybridized carbons (Fsp3) is 0.300. The number of aldehydes is 1. The molecular weight excluding hydrogens is 169 g/mol. The molecule has 0 N–H and O–H groups in total. The van der Waals surface area contributed by atoms with Crippen molar-refractivity contribution < 1.29 is 9.18 Å². The van der Waals surface area contributed by atoms with E-state index in [-0.39, 0.29) is 11.7 Å². The predicted octanol–water partition coefficient (Wildman–Crippen LogP) is 1.56. The second-order valence-corrected chi connectivity index (χ2v) is 3.30. The number of anilines is 1. The highest BCUT2D eigenvalue weighted by atomic mass is 19.1. The van der Waals surface area contributed by atoms with Crippen molar-refractivity contribution in [1.82, 2.24) is 0 Å². The van der Waals surface area contributed by atoms with Crippen molar-refractivity contribution in [2.75, 3.05) is 18.5 Å². The van der Waals surface area contributed by atoms with Crippen LogP contribution in [-0.2, 0) is 4.79 Å². The Morgan fingerprint density at radius 1 is 1.62 bits per heavy atom. The Kier molecular flexibility index (Phi) is 1.79. The summed E-state index contributed by atoms with van der Waals surface area (Å²) < 4.78 is 13.3. The second kappa shape index (κ2) is 2.83. The molecule has 1 atom stereocenters. The van der Waals surface area contributed by atoms with E-state index in [1.807, 2.05) is 18.0 Å². The molecule has 1 aliphatic heterocycles. The minimum Gasteiger partial charge on any atom is -0.373 e.